The highest BCUT2D eigenvalue weighted by molar-refractivity contribution is 14.0. The number of rotatable bonds is 7. The van der Waals surface area contributed by atoms with E-state index in [2.05, 4.69) is 53.5 Å². The Bertz CT molecular complexity index is 857. The monoisotopic (exact) mass is 510 g/mol. The van der Waals surface area contributed by atoms with Crippen LogP contribution in [0.4, 0.5) is 0 Å². The molecule has 28 heavy (non-hydrogen) atoms. The van der Waals surface area contributed by atoms with E-state index in [1.165, 1.54) is 9.75 Å². The van der Waals surface area contributed by atoms with Gasteiger partial charge in [0.1, 0.15) is 12.1 Å². The normalized spacial score (nSPS) is 12.3. The molecular weight excluding hydrogens is 483 g/mol. The third-order valence-corrected chi connectivity index (χ3v) is 5.05. The van der Waals surface area contributed by atoms with Gasteiger partial charge in [0, 0.05) is 47.4 Å². The molecule has 0 amide bonds. The molecule has 3 aromatic rings. The standard InChI is InChI=1S/C20H26N6S.HI/c1-4-22-20(25-15(2)11-18-7-5-16(3)27-18)24-13-17-6-8-19(23-12-17)26-10-9-21-14-26;/h5-10,12,14-15H,4,11,13H2,1-3H3,(H2,22,24,25);1H. The first kappa shape index (κ1) is 22.4. The Morgan fingerprint density at radius 2 is 2.14 bits per heavy atom. The van der Waals surface area contributed by atoms with E-state index in [1.54, 1.807) is 12.5 Å². The minimum absolute atomic E-state index is 0. The molecule has 0 bridgehead atoms. The highest BCUT2D eigenvalue weighted by Gasteiger charge is 2.08. The Morgan fingerprint density at radius 1 is 1.29 bits per heavy atom. The molecule has 0 aliphatic heterocycles. The lowest BCUT2D eigenvalue weighted by Gasteiger charge is -2.17. The van der Waals surface area contributed by atoms with Crippen LogP contribution in [0.15, 0.2) is 54.2 Å². The maximum atomic E-state index is 4.70. The molecule has 0 fully saturated rings. The highest BCUT2D eigenvalue weighted by atomic mass is 127. The van der Waals surface area contributed by atoms with Crippen LogP contribution in [0.1, 0.15) is 29.2 Å². The Kier molecular flexibility index (Phi) is 8.91. The van der Waals surface area contributed by atoms with Gasteiger partial charge in [-0.25, -0.2) is 15.0 Å². The first-order valence-electron chi connectivity index (χ1n) is 9.17. The van der Waals surface area contributed by atoms with E-state index in [-0.39, 0.29) is 24.0 Å². The lowest BCUT2D eigenvalue weighted by molar-refractivity contribution is 0.645. The van der Waals surface area contributed by atoms with Crippen molar-refractivity contribution in [3.63, 3.8) is 0 Å². The maximum absolute atomic E-state index is 4.70. The first-order valence-corrected chi connectivity index (χ1v) is 9.99. The summed E-state index contributed by atoms with van der Waals surface area (Å²) in [5, 5.41) is 6.81. The van der Waals surface area contributed by atoms with Crippen molar-refractivity contribution in [3.05, 3.63) is 64.5 Å². The summed E-state index contributed by atoms with van der Waals surface area (Å²) in [4.78, 5) is 16.0. The Morgan fingerprint density at radius 3 is 2.75 bits per heavy atom. The number of aliphatic imine (C=N–C) groups is 1. The summed E-state index contributed by atoms with van der Waals surface area (Å²) in [6.45, 7) is 7.81. The molecule has 3 rings (SSSR count). The van der Waals surface area contributed by atoms with Gasteiger partial charge in [-0.15, -0.1) is 35.3 Å². The van der Waals surface area contributed by atoms with Crippen molar-refractivity contribution in [3.8, 4) is 5.82 Å². The van der Waals surface area contributed by atoms with E-state index >= 15 is 0 Å². The summed E-state index contributed by atoms with van der Waals surface area (Å²) >= 11 is 1.85. The maximum Gasteiger partial charge on any atom is 0.191 e. The largest absolute Gasteiger partial charge is 0.357 e. The van der Waals surface area contributed by atoms with Crippen LogP contribution in [0.2, 0.25) is 0 Å². The quantitative estimate of drug-likeness (QED) is 0.287. The van der Waals surface area contributed by atoms with Crippen LogP contribution < -0.4 is 10.6 Å². The lowest BCUT2D eigenvalue weighted by Crippen LogP contribution is -2.43. The molecule has 0 radical (unpaired) electrons. The molecule has 0 aliphatic rings. The molecule has 0 saturated carbocycles. The van der Waals surface area contributed by atoms with Gasteiger partial charge < -0.3 is 10.6 Å². The number of thiophene rings is 1. The van der Waals surface area contributed by atoms with Gasteiger partial charge in [0.15, 0.2) is 5.96 Å². The topological polar surface area (TPSA) is 67.1 Å². The summed E-state index contributed by atoms with van der Waals surface area (Å²) in [5.74, 6) is 1.68. The van der Waals surface area contributed by atoms with Crippen LogP contribution in [0.3, 0.4) is 0 Å². The molecule has 0 saturated heterocycles. The molecule has 0 aromatic carbocycles. The number of nitrogens with zero attached hydrogens (tertiary/aromatic N) is 4. The van der Waals surface area contributed by atoms with Gasteiger partial charge in [0.25, 0.3) is 0 Å². The van der Waals surface area contributed by atoms with Crippen molar-refractivity contribution in [2.75, 3.05) is 6.54 Å². The number of aromatic nitrogens is 3. The molecular formula is C20H27IN6S. The average molecular weight is 510 g/mol. The van der Waals surface area contributed by atoms with Crippen molar-refractivity contribution in [2.24, 2.45) is 4.99 Å². The summed E-state index contributed by atoms with van der Waals surface area (Å²) in [6.07, 6.45) is 8.21. The smallest absolute Gasteiger partial charge is 0.191 e. The number of hydrogen-bond acceptors (Lipinski definition) is 4. The minimum Gasteiger partial charge on any atom is -0.357 e. The highest BCUT2D eigenvalue weighted by Crippen LogP contribution is 2.16. The van der Waals surface area contributed by atoms with Gasteiger partial charge in [-0.3, -0.25) is 4.57 Å². The second kappa shape index (κ2) is 11.2. The number of aryl methyl sites for hydroxylation is 1. The summed E-state index contributed by atoms with van der Waals surface area (Å²) in [5.41, 5.74) is 1.07. The van der Waals surface area contributed by atoms with E-state index in [0.717, 1.165) is 30.3 Å². The van der Waals surface area contributed by atoms with Crippen molar-refractivity contribution in [1.82, 2.24) is 25.2 Å². The third-order valence-electron chi connectivity index (χ3n) is 4.03. The number of imidazole rings is 1. The van der Waals surface area contributed by atoms with Gasteiger partial charge in [0.05, 0.1) is 6.54 Å². The Hall–Kier alpha value is -1.94. The predicted molar refractivity (Wildman–Crippen MR) is 127 cm³/mol. The molecule has 1 unspecified atom stereocenters. The Balaban J connectivity index is 0.00000280. The van der Waals surface area contributed by atoms with Gasteiger partial charge in [-0.05, 0) is 44.5 Å². The zero-order valence-electron chi connectivity index (χ0n) is 16.4. The summed E-state index contributed by atoms with van der Waals surface area (Å²) in [7, 11) is 0. The molecule has 0 aliphatic carbocycles. The van der Waals surface area contributed by atoms with Gasteiger partial charge in [-0.2, -0.15) is 0 Å². The fourth-order valence-corrected chi connectivity index (χ4v) is 3.75. The first-order chi connectivity index (χ1) is 13.1. The van der Waals surface area contributed by atoms with Crippen LogP contribution in [0.5, 0.6) is 0 Å². The van der Waals surface area contributed by atoms with Crippen LogP contribution in [-0.2, 0) is 13.0 Å². The predicted octanol–water partition coefficient (Wildman–Crippen LogP) is 3.94. The summed E-state index contributed by atoms with van der Waals surface area (Å²) < 4.78 is 1.88. The van der Waals surface area contributed by atoms with E-state index in [9.17, 15) is 0 Å². The van der Waals surface area contributed by atoms with Crippen molar-refractivity contribution in [2.45, 2.75) is 39.8 Å². The number of hydrogen-bond donors (Lipinski definition) is 2. The van der Waals surface area contributed by atoms with E-state index in [1.807, 2.05) is 40.4 Å². The van der Waals surface area contributed by atoms with Crippen LogP contribution in [0.25, 0.3) is 5.82 Å². The van der Waals surface area contributed by atoms with Gasteiger partial charge in [0.2, 0.25) is 0 Å². The lowest BCUT2D eigenvalue weighted by atomic mass is 10.2. The fraction of sp³-hybridized carbons (Fsp3) is 0.350. The molecule has 2 N–H and O–H groups in total. The Labute approximate surface area is 187 Å². The number of halogens is 1. The van der Waals surface area contributed by atoms with Crippen LogP contribution >= 0.6 is 35.3 Å². The molecule has 1 atom stereocenters. The van der Waals surface area contributed by atoms with Gasteiger partial charge >= 0.3 is 0 Å². The van der Waals surface area contributed by atoms with E-state index < -0.39 is 0 Å². The number of nitrogens with one attached hydrogen (secondary N) is 2. The fourth-order valence-electron chi connectivity index (χ4n) is 2.73. The number of guanidine groups is 1. The van der Waals surface area contributed by atoms with E-state index in [4.69, 9.17) is 4.99 Å². The van der Waals surface area contributed by atoms with Crippen LogP contribution in [-0.4, -0.2) is 33.1 Å². The van der Waals surface area contributed by atoms with Crippen molar-refractivity contribution < 1.29 is 0 Å². The summed E-state index contributed by atoms with van der Waals surface area (Å²) in [6, 6.07) is 8.71. The van der Waals surface area contributed by atoms with Crippen molar-refractivity contribution in [1.29, 1.82) is 0 Å². The second-order valence-electron chi connectivity index (χ2n) is 6.45. The average Bonchev–Trinajstić information content (AvgIpc) is 3.32. The SMILES string of the molecule is CCNC(=NCc1ccc(-n2ccnc2)nc1)NC(C)Cc1ccc(C)s1.I. The minimum atomic E-state index is 0. The van der Waals surface area contributed by atoms with E-state index in [0.29, 0.717) is 12.6 Å². The molecule has 6 nitrogen and oxygen atoms in total. The number of pyridine rings is 1. The van der Waals surface area contributed by atoms with Crippen molar-refractivity contribution >= 4 is 41.3 Å². The van der Waals surface area contributed by atoms with Gasteiger partial charge in [-0.1, -0.05) is 6.07 Å². The van der Waals surface area contributed by atoms with Crippen LogP contribution in [0, 0.1) is 6.92 Å². The molecule has 150 valence electrons. The second-order valence-corrected chi connectivity index (χ2v) is 7.82. The molecule has 0 spiro atoms. The molecule has 3 aromatic heterocycles. The zero-order valence-corrected chi connectivity index (χ0v) is 19.6. The molecule has 8 heteroatoms. The zero-order chi connectivity index (χ0) is 19.1. The molecule has 3 heterocycles. The third kappa shape index (κ3) is 6.59.